The SMILES string of the molecule is C=C(C)c1cc(C(C)C)ccc1[C@@H](O)C(C)(C)[C@@H](O)c1ccccc1. The van der Waals surface area contributed by atoms with Crippen LogP contribution in [0.3, 0.4) is 0 Å². The van der Waals surface area contributed by atoms with Gasteiger partial charge < -0.3 is 10.2 Å². The fourth-order valence-corrected chi connectivity index (χ4v) is 3.16. The molecule has 0 unspecified atom stereocenters. The summed E-state index contributed by atoms with van der Waals surface area (Å²) >= 11 is 0. The van der Waals surface area contributed by atoms with Gasteiger partial charge >= 0.3 is 0 Å². The molecule has 2 atom stereocenters. The maximum absolute atomic E-state index is 11.1. The molecule has 0 aliphatic heterocycles. The zero-order chi connectivity index (χ0) is 18.8. The van der Waals surface area contributed by atoms with E-state index in [1.165, 1.54) is 5.56 Å². The summed E-state index contributed by atoms with van der Waals surface area (Å²) in [5.41, 5.74) is 3.98. The van der Waals surface area contributed by atoms with E-state index < -0.39 is 17.6 Å². The molecule has 0 radical (unpaired) electrons. The Kier molecular flexibility index (Phi) is 5.87. The van der Waals surface area contributed by atoms with E-state index >= 15 is 0 Å². The van der Waals surface area contributed by atoms with Crippen molar-refractivity contribution in [1.82, 2.24) is 0 Å². The van der Waals surface area contributed by atoms with Crippen LogP contribution >= 0.6 is 0 Å². The van der Waals surface area contributed by atoms with E-state index in [9.17, 15) is 10.2 Å². The molecular formula is C23H30O2. The Morgan fingerprint density at radius 1 is 0.920 bits per heavy atom. The van der Waals surface area contributed by atoms with Gasteiger partial charge in [-0.2, -0.15) is 0 Å². The number of benzene rings is 2. The molecule has 0 aromatic heterocycles. The second kappa shape index (κ2) is 7.55. The van der Waals surface area contributed by atoms with Crippen LogP contribution in [0.25, 0.3) is 5.57 Å². The van der Waals surface area contributed by atoms with Crippen molar-refractivity contribution < 1.29 is 10.2 Å². The summed E-state index contributed by atoms with van der Waals surface area (Å²) in [6, 6.07) is 15.6. The Hall–Kier alpha value is -1.90. The second-order valence-electron chi connectivity index (χ2n) is 7.82. The number of aliphatic hydroxyl groups is 2. The normalized spacial score (nSPS) is 14.4. The summed E-state index contributed by atoms with van der Waals surface area (Å²) in [4.78, 5) is 0. The molecule has 0 aliphatic carbocycles. The first-order valence-electron chi connectivity index (χ1n) is 8.87. The zero-order valence-electron chi connectivity index (χ0n) is 16.0. The Labute approximate surface area is 151 Å². The summed E-state index contributed by atoms with van der Waals surface area (Å²) in [7, 11) is 0. The molecule has 2 nitrogen and oxygen atoms in total. The molecule has 25 heavy (non-hydrogen) atoms. The monoisotopic (exact) mass is 338 g/mol. The third kappa shape index (κ3) is 4.02. The van der Waals surface area contributed by atoms with Gasteiger partial charge in [-0.1, -0.05) is 88.4 Å². The lowest BCUT2D eigenvalue weighted by atomic mass is 9.73. The molecule has 0 saturated carbocycles. The van der Waals surface area contributed by atoms with Gasteiger partial charge in [0.1, 0.15) is 0 Å². The maximum atomic E-state index is 11.1. The zero-order valence-corrected chi connectivity index (χ0v) is 16.0. The highest BCUT2D eigenvalue weighted by Crippen LogP contribution is 2.45. The van der Waals surface area contributed by atoms with E-state index in [-0.39, 0.29) is 0 Å². The highest BCUT2D eigenvalue weighted by Gasteiger charge is 2.38. The molecule has 2 aromatic carbocycles. The van der Waals surface area contributed by atoms with Crippen molar-refractivity contribution in [2.75, 3.05) is 0 Å². The summed E-state index contributed by atoms with van der Waals surface area (Å²) in [6.07, 6.45) is -1.58. The summed E-state index contributed by atoms with van der Waals surface area (Å²) < 4.78 is 0. The van der Waals surface area contributed by atoms with Gasteiger partial charge in [-0.25, -0.2) is 0 Å². The molecule has 2 heteroatoms. The average molecular weight is 338 g/mol. The number of allylic oxidation sites excluding steroid dienone is 1. The lowest BCUT2D eigenvalue weighted by molar-refractivity contribution is -0.0514. The van der Waals surface area contributed by atoms with Gasteiger partial charge in [-0.15, -0.1) is 0 Å². The minimum absolute atomic E-state index is 0.409. The molecular weight excluding hydrogens is 308 g/mol. The van der Waals surface area contributed by atoms with Crippen LogP contribution < -0.4 is 0 Å². The number of hydrogen-bond acceptors (Lipinski definition) is 2. The first-order chi connectivity index (χ1) is 11.7. The minimum Gasteiger partial charge on any atom is -0.388 e. The van der Waals surface area contributed by atoms with Gasteiger partial charge in [0, 0.05) is 5.41 Å². The molecule has 0 fully saturated rings. The van der Waals surface area contributed by atoms with E-state index in [1.54, 1.807) is 0 Å². The number of rotatable bonds is 6. The Morgan fingerprint density at radius 3 is 2.04 bits per heavy atom. The highest BCUT2D eigenvalue weighted by molar-refractivity contribution is 5.66. The van der Waals surface area contributed by atoms with Crippen molar-refractivity contribution in [3.63, 3.8) is 0 Å². The maximum Gasteiger partial charge on any atom is 0.0874 e. The molecule has 2 aromatic rings. The topological polar surface area (TPSA) is 40.5 Å². The van der Waals surface area contributed by atoms with E-state index in [0.29, 0.717) is 5.92 Å². The predicted octanol–water partition coefficient (Wildman–Crippen LogP) is 5.64. The molecule has 134 valence electrons. The van der Waals surface area contributed by atoms with Crippen molar-refractivity contribution in [2.24, 2.45) is 5.41 Å². The predicted molar refractivity (Wildman–Crippen MR) is 105 cm³/mol. The van der Waals surface area contributed by atoms with E-state index in [4.69, 9.17) is 0 Å². The molecule has 0 aliphatic rings. The van der Waals surface area contributed by atoms with Crippen LogP contribution in [0.5, 0.6) is 0 Å². The Balaban J connectivity index is 2.44. The van der Waals surface area contributed by atoms with Gasteiger partial charge in [0.05, 0.1) is 12.2 Å². The van der Waals surface area contributed by atoms with Crippen molar-refractivity contribution in [3.05, 3.63) is 77.4 Å². The molecule has 0 heterocycles. The third-order valence-corrected chi connectivity index (χ3v) is 5.02. The largest absolute Gasteiger partial charge is 0.388 e. The Bertz CT molecular complexity index is 729. The molecule has 0 bridgehead atoms. The van der Waals surface area contributed by atoms with Crippen LogP contribution in [0.4, 0.5) is 0 Å². The summed E-state index contributed by atoms with van der Waals surface area (Å²) in [5, 5.41) is 22.0. The average Bonchev–Trinajstić information content (AvgIpc) is 2.60. The van der Waals surface area contributed by atoms with Gasteiger partial charge in [-0.3, -0.25) is 0 Å². The van der Waals surface area contributed by atoms with E-state index in [1.807, 2.05) is 57.2 Å². The van der Waals surface area contributed by atoms with Gasteiger partial charge in [-0.05, 0) is 35.1 Å². The van der Waals surface area contributed by atoms with Gasteiger partial charge in [0.25, 0.3) is 0 Å². The molecule has 0 saturated heterocycles. The lowest BCUT2D eigenvalue weighted by Gasteiger charge is -2.37. The summed E-state index contributed by atoms with van der Waals surface area (Å²) in [5.74, 6) is 0.409. The highest BCUT2D eigenvalue weighted by atomic mass is 16.3. The van der Waals surface area contributed by atoms with Crippen molar-refractivity contribution in [3.8, 4) is 0 Å². The van der Waals surface area contributed by atoms with Crippen LogP contribution in [0.2, 0.25) is 0 Å². The first kappa shape index (κ1) is 19.4. The van der Waals surface area contributed by atoms with Crippen LogP contribution in [0, 0.1) is 5.41 Å². The molecule has 0 spiro atoms. The number of aliphatic hydroxyl groups excluding tert-OH is 2. The van der Waals surface area contributed by atoms with Crippen LogP contribution in [0.15, 0.2) is 55.1 Å². The van der Waals surface area contributed by atoms with Crippen molar-refractivity contribution in [1.29, 1.82) is 0 Å². The smallest absolute Gasteiger partial charge is 0.0874 e. The molecule has 2 rings (SSSR count). The third-order valence-electron chi connectivity index (χ3n) is 5.02. The van der Waals surface area contributed by atoms with Crippen molar-refractivity contribution in [2.45, 2.75) is 52.7 Å². The standard InChI is InChI=1S/C23H30O2/c1-15(2)18-12-13-19(20(14-18)16(3)4)22(25)23(5,6)21(24)17-10-8-7-9-11-17/h7-15,21-22,24-25H,3H2,1-2,4-6H3/t21-,22+/m0/s1. The lowest BCUT2D eigenvalue weighted by Crippen LogP contribution is -2.30. The second-order valence-corrected chi connectivity index (χ2v) is 7.82. The molecule has 0 amide bonds. The van der Waals surface area contributed by atoms with Crippen LogP contribution in [-0.4, -0.2) is 10.2 Å². The quantitative estimate of drug-likeness (QED) is 0.716. The summed E-state index contributed by atoms with van der Waals surface area (Å²) in [6.45, 7) is 14.1. The van der Waals surface area contributed by atoms with Crippen LogP contribution in [0.1, 0.15) is 75.0 Å². The van der Waals surface area contributed by atoms with E-state index in [2.05, 4.69) is 32.6 Å². The van der Waals surface area contributed by atoms with Gasteiger partial charge in [0.2, 0.25) is 0 Å². The minimum atomic E-state index is -0.810. The number of hydrogen-bond donors (Lipinski definition) is 2. The van der Waals surface area contributed by atoms with Crippen LogP contribution in [-0.2, 0) is 0 Å². The Morgan fingerprint density at radius 2 is 1.52 bits per heavy atom. The fourth-order valence-electron chi connectivity index (χ4n) is 3.16. The van der Waals surface area contributed by atoms with E-state index in [0.717, 1.165) is 22.3 Å². The van der Waals surface area contributed by atoms with Gasteiger partial charge in [0.15, 0.2) is 0 Å². The van der Waals surface area contributed by atoms with Crippen molar-refractivity contribution >= 4 is 5.57 Å². The fraction of sp³-hybridized carbons (Fsp3) is 0.391. The first-order valence-corrected chi connectivity index (χ1v) is 8.87. The molecule has 2 N–H and O–H groups in total.